The lowest BCUT2D eigenvalue weighted by Crippen LogP contribution is -2.46. The van der Waals surface area contributed by atoms with Crippen molar-refractivity contribution in [2.75, 3.05) is 0 Å². The Balaban J connectivity index is 0.000000379. The Kier molecular flexibility index (Phi) is 10.9. The first-order chi connectivity index (χ1) is 20.6. The molecule has 3 heterocycles. The highest BCUT2D eigenvalue weighted by Crippen LogP contribution is 2.45. The van der Waals surface area contributed by atoms with Crippen molar-refractivity contribution >= 4 is 34.6 Å². The minimum atomic E-state index is -4.52. The van der Waals surface area contributed by atoms with Gasteiger partial charge in [0.1, 0.15) is 16.9 Å². The van der Waals surface area contributed by atoms with Crippen molar-refractivity contribution < 1.29 is 45.8 Å². The number of ether oxygens (including phenoxy) is 1. The number of amides is 1. The standard InChI is InChI=1S/C24H24ClF4N3O2.C3H6O2S.C2H4O2/c25-20-6-14(24(27,28)29)10-31-23(20)34-17-7-15-3-4-16(8-17)32(15)11-13-5-21(26)19(22(30)33)9-18(13)12-1-2-12;4-6(5)3-1-2-3;1-2(3)4/h5-6,9-10,12,15-17H,1-4,7-8,11H2,(H2,30,33);3H,1-2H2,(H,4,5);1H3,(H,3,4)/p-1/t15-,16+,17?;;. The molecule has 1 aromatic carbocycles. The number of aliphatic carboxylic acids is 1. The molecule has 4 atom stereocenters. The third-order valence-corrected chi connectivity index (χ3v) is 9.20. The van der Waals surface area contributed by atoms with Gasteiger partial charge in [-0.3, -0.25) is 18.7 Å². The zero-order chi connectivity index (χ0) is 32.3. The number of hydrogen-bond acceptors (Lipinski definition) is 7. The first-order valence-corrected chi connectivity index (χ1v) is 15.7. The predicted molar refractivity (Wildman–Crippen MR) is 152 cm³/mol. The van der Waals surface area contributed by atoms with Crippen LogP contribution in [0.15, 0.2) is 24.4 Å². The van der Waals surface area contributed by atoms with E-state index in [2.05, 4.69) is 9.88 Å². The molecule has 2 aliphatic heterocycles. The number of carboxylic acids is 1. The van der Waals surface area contributed by atoms with Gasteiger partial charge in [-0.05, 0) is 86.6 Å². The van der Waals surface area contributed by atoms with E-state index in [1.165, 1.54) is 6.07 Å². The van der Waals surface area contributed by atoms with E-state index in [0.717, 1.165) is 68.8 Å². The minimum Gasteiger partial charge on any atom is -0.772 e. The number of carboxylic acid groups (broad SMARTS) is 1. The second kappa shape index (κ2) is 14.1. The SMILES string of the molecule is CC(=O)O.NC(=O)c1cc(C2CC2)c(CN2[C@@H]3CC[C@H]2CC(Oc2ncc(C(F)(F)F)cc2Cl)C3)cc1F.O=S([O-])C1CC1. The van der Waals surface area contributed by atoms with Gasteiger partial charge in [0.2, 0.25) is 5.88 Å². The lowest BCUT2D eigenvalue weighted by Gasteiger charge is -2.39. The van der Waals surface area contributed by atoms with Gasteiger partial charge in [-0.15, -0.1) is 0 Å². The fourth-order valence-corrected chi connectivity index (χ4v) is 6.32. The number of pyridine rings is 1. The van der Waals surface area contributed by atoms with Gasteiger partial charge in [-0.2, -0.15) is 13.2 Å². The van der Waals surface area contributed by atoms with Crippen molar-refractivity contribution in [1.82, 2.24) is 9.88 Å². The number of primary amides is 1. The third kappa shape index (κ3) is 9.11. The largest absolute Gasteiger partial charge is 0.772 e. The highest BCUT2D eigenvalue weighted by atomic mass is 35.5. The molecule has 4 aliphatic rings. The van der Waals surface area contributed by atoms with Gasteiger partial charge in [-0.1, -0.05) is 22.7 Å². The van der Waals surface area contributed by atoms with Crippen LogP contribution in [0.1, 0.15) is 91.3 Å². The van der Waals surface area contributed by atoms with E-state index in [0.29, 0.717) is 25.3 Å². The Morgan fingerprint density at radius 2 is 1.73 bits per heavy atom. The van der Waals surface area contributed by atoms with Gasteiger partial charge in [-0.25, -0.2) is 9.37 Å². The van der Waals surface area contributed by atoms with E-state index in [9.17, 15) is 31.1 Å². The zero-order valence-electron chi connectivity index (χ0n) is 23.8. The number of carbonyl (C=O) groups excluding carboxylic acids is 1. The van der Waals surface area contributed by atoms with E-state index in [1.54, 1.807) is 6.07 Å². The van der Waals surface area contributed by atoms with E-state index in [4.69, 9.17) is 32.0 Å². The van der Waals surface area contributed by atoms with Crippen LogP contribution < -0.4 is 10.5 Å². The Morgan fingerprint density at radius 1 is 1.14 bits per heavy atom. The molecule has 6 rings (SSSR count). The maximum absolute atomic E-state index is 14.5. The number of rotatable bonds is 7. The third-order valence-electron chi connectivity index (χ3n) is 7.92. The fraction of sp³-hybridized carbons (Fsp3) is 0.552. The number of alkyl halides is 3. The van der Waals surface area contributed by atoms with Crippen LogP contribution in [0.3, 0.4) is 0 Å². The van der Waals surface area contributed by atoms with E-state index in [1.807, 2.05) is 0 Å². The number of fused-ring (bicyclic) bond motifs is 2. The lowest BCUT2D eigenvalue weighted by atomic mass is 9.95. The molecule has 1 amide bonds. The van der Waals surface area contributed by atoms with Crippen LogP contribution >= 0.6 is 11.6 Å². The fourth-order valence-electron chi connectivity index (χ4n) is 5.59. The van der Waals surface area contributed by atoms with Crippen molar-refractivity contribution in [3.05, 3.63) is 57.5 Å². The highest BCUT2D eigenvalue weighted by molar-refractivity contribution is 7.80. The van der Waals surface area contributed by atoms with Crippen molar-refractivity contribution in [2.24, 2.45) is 5.73 Å². The zero-order valence-corrected chi connectivity index (χ0v) is 25.4. The minimum absolute atomic E-state index is 0.00708. The van der Waals surface area contributed by atoms with Crippen LogP contribution in [0.25, 0.3) is 0 Å². The van der Waals surface area contributed by atoms with Crippen molar-refractivity contribution in [1.29, 1.82) is 0 Å². The van der Waals surface area contributed by atoms with Crippen LogP contribution in [0, 0.1) is 5.82 Å². The van der Waals surface area contributed by atoms with Crippen LogP contribution in [0.4, 0.5) is 17.6 Å². The number of nitrogens with two attached hydrogens (primary N) is 1. The predicted octanol–water partition coefficient (Wildman–Crippen LogP) is 5.56. The van der Waals surface area contributed by atoms with Crippen molar-refractivity contribution in [3.8, 4) is 5.88 Å². The van der Waals surface area contributed by atoms with Gasteiger partial charge in [0.25, 0.3) is 11.9 Å². The van der Waals surface area contributed by atoms with Crippen LogP contribution in [-0.4, -0.2) is 59.1 Å². The van der Waals surface area contributed by atoms with Gasteiger partial charge in [0.15, 0.2) is 0 Å². The average molecular weight is 663 g/mol. The summed E-state index contributed by atoms with van der Waals surface area (Å²) < 4.78 is 78.6. The number of piperidine rings is 1. The topological polar surface area (TPSA) is 146 Å². The summed E-state index contributed by atoms with van der Waals surface area (Å²) in [6.07, 6.45) is 3.06. The Labute approximate surface area is 259 Å². The average Bonchev–Trinajstić information content (AvgIpc) is 3.83. The molecular formula is C29H33ClF4N3O6S-. The van der Waals surface area contributed by atoms with E-state index in [-0.39, 0.29) is 39.9 Å². The quantitative estimate of drug-likeness (QED) is 0.289. The molecule has 3 N–H and O–H groups in total. The first-order valence-electron chi connectivity index (χ1n) is 14.2. The maximum Gasteiger partial charge on any atom is 0.417 e. The molecular weight excluding hydrogens is 630 g/mol. The summed E-state index contributed by atoms with van der Waals surface area (Å²) in [6, 6.07) is 4.28. The van der Waals surface area contributed by atoms with E-state index < -0.39 is 40.5 Å². The Morgan fingerprint density at radius 3 is 2.16 bits per heavy atom. The number of benzene rings is 1. The van der Waals surface area contributed by atoms with Crippen LogP contribution in [0.2, 0.25) is 5.02 Å². The number of aromatic nitrogens is 1. The van der Waals surface area contributed by atoms with E-state index >= 15 is 0 Å². The molecule has 15 heteroatoms. The monoisotopic (exact) mass is 662 g/mol. The molecule has 4 fully saturated rings. The molecule has 242 valence electrons. The van der Waals surface area contributed by atoms with Crippen molar-refractivity contribution in [3.63, 3.8) is 0 Å². The number of hydrogen-bond donors (Lipinski definition) is 2. The molecule has 2 unspecified atom stereocenters. The lowest BCUT2D eigenvalue weighted by molar-refractivity contribution is -0.138. The molecule has 0 radical (unpaired) electrons. The summed E-state index contributed by atoms with van der Waals surface area (Å²) in [7, 11) is 0. The second-order valence-corrected chi connectivity index (χ2v) is 13.0. The number of nitrogens with zero attached hydrogens (tertiary/aromatic N) is 2. The Bertz CT molecular complexity index is 1390. The molecule has 44 heavy (non-hydrogen) atoms. The molecule has 2 aromatic rings. The number of halogens is 5. The summed E-state index contributed by atoms with van der Waals surface area (Å²) in [5, 5.41) is 7.27. The molecule has 9 nitrogen and oxygen atoms in total. The molecule has 2 bridgehead atoms. The smallest absolute Gasteiger partial charge is 0.417 e. The summed E-state index contributed by atoms with van der Waals surface area (Å²) in [5.41, 5.74) is 6.23. The summed E-state index contributed by atoms with van der Waals surface area (Å²) in [5.74, 6) is -1.85. The van der Waals surface area contributed by atoms with Crippen molar-refractivity contribution in [2.45, 2.75) is 100 Å². The first kappa shape index (κ1) is 34.1. The normalized spacial score (nSPS) is 23.5. The number of carbonyl (C=O) groups is 2. The molecule has 2 aliphatic carbocycles. The summed E-state index contributed by atoms with van der Waals surface area (Å²) in [4.78, 5) is 26.8. The van der Waals surface area contributed by atoms with Crippen LogP contribution in [-0.2, 0) is 28.6 Å². The van der Waals surface area contributed by atoms with Gasteiger partial charge in [0, 0.05) is 37.0 Å². The van der Waals surface area contributed by atoms with Crippen LogP contribution in [0.5, 0.6) is 5.88 Å². The summed E-state index contributed by atoms with van der Waals surface area (Å²) >= 11 is 4.26. The Hall–Kier alpha value is -2.81. The van der Waals surface area contributed by atoms with Gasteiger partial charge in [0.05, 0.1) is 11.1 Å². The van der Waals surface area contributed by atoms with Gasteiger partial charge >= 0.3 is 6.18 Å². The molecule has 1 aromatic heterocycles. The summed E-state index contributed by atoms with van der Waals surface area (Å²) in [6.45, 7) is 1.66. The molecule has 2 saturated carbocycles. The molecule has 2 saturated heterocycles. The highest BCUT2D eigenvalue weighted by Gasteiger charge is 2.42. The maximum atomic E-state index is 14.5. The molecule has 0 spiro atoms. The second-order valence-electron chi connectivity index (χ2n) is 11.4. The van der Waals surface area contributed by atoms with Gasteiger partial charge < -0.3 is 20.1 Å².